The van der Waals surface area contributed by atoms with Crippen molar-refractivity contribution >= 4 is 5.97 Å². The van der Waals surface area contributed by atoms with Crippen LogP contribution < -0.4 is 0 Å². The number of hydrogen-bond donors (Lipinski definition) is 0. The van der Waals surface area contributed by atoms with Gasteiger partial charge in [-0.3, -0.25) is 4.79 Å². The minimum atomic E-state index is 0.144. The van der Waals surface area contributed by atoms with E-state index in [0.717, 1.165) is 24.1 Å². The number of hydrogen-bond acceptors (Lipinski definition) is 2. The summed E-state index contributed by atoms with van der Waals surface area (Å²) in [6.07, 6.45) is 15.5. The van der Waals surface area contributed by atoms with Crippen molar-refractivity contribution in [1.82, 2.24) is 0 Å². The Labute approximate surface area is 168 Å². The first kappa shape index (κ1) is 22.7. The normalized spacial score (nSPS) is 19.3. The second-order valence-corrected chi connectivity index (χ2v) is 9.26. The number of likely N-dealkylation sites (N-methyl/N-ethyl adjacent to an activating group) is 1. The van der Waals surface area contributed by atoms with Gasteiger partial charge in [0.2, 0.25) is 0 Å². The number of esters is 1. The van der Waals surface area contributed by atoms with E-state index in [0.29, 0.717) is 18.4 Å². The standard InChI is InChI=1S/C24H46NO2/c1-4-7-8-13-18-25(5-2,6-3)19-20-27-24(26)23(21-14-9-10-15-21)22-16-11-12-17-22/h21-23H,4-20H2,1-3H3/q+1. The molecule has 0 bridgehead atoms. The van der Waals surface area contributed by atoms with E-state index in [-0.39, 0.29) is 11.9 Å². The minimum absolute atomic E-state index is 0.144. The van der Waals surface area contributed by atoms with Crippen LogP contribution in [-0.4, -0.2) is 43.2 Å². The Morgan fingerprint density at radius 3 is 1.89 bits per heavy atom. The molecule has 2 fully saturated rings. The first-order valence-corrected chi connectivity index (χ1v) is 12.2. The Balaban J connectivity index is 1.84. The van der Waals surface area contributed by atoms with Crippen LogP contribution in [0.1, 0.15) is 97.8 Å². The molecule has 0 radical (unpaired) electrons. The molecule has 0 aromatic carbocycles. The molecule has 27 heavy (non-hydrogen) atoms. The van der Waals surface area contributed by atoms with Crippen LogP contribution in [0.15, 0.2) is 0 Å². The molecule has 0 amide bonds. The van der Waals surface area contributed by atoms with E-state index in [9.17, 15) is 4.79 Å². The Morgan fingerprint density at radius 1 is 0.852 bits per heavy atom. The molecule has 0 heterocycles. The van der Waals surface area contributed by atoms with Crippen molar-refractivity contribution in [3.05, 3.63) is 0 Å². The summed E-state index contributed by atoms with van der Waals surface area (Å²) < 4.78 is 7.07. The summed E-state index contributed by atoms with van der Waals surface area (Å²) in [7, 11) is 0. The highest BCUT2D eigenvalue weighted by atomic mass is 16.5. The zero-order chi connectivity index (χ0) is 19.5. The summed E-state index contributed by atoms with van der Waals surface area (Å²) in [6, 6.07) is 0. The van der Waals surface area contributed by atoms with Crippen molar-refractivity contribution in [3.8, 4) is 0 Å². The lowest BCUT2D eigenvalue weighted by atomic mass is 9.79. The molecule has 3 heteroatoms. The predicted octanol–water partition coefficient (Wildman–Crippen LogP) is 5.96. The SMILES string of the molecule is CCCCCC[N+](CC)(CC)CCOC(=O)C(C1CCCC1)C1CCCC1. The van der Waals surface area contributed by atoms with Crippen LogP contribution in [0.5, 0.6) is 0 Å². The molecule has 0 N–H and O–H groups in total. The van der Waals surface area contributed by atoms with Crippen LogP contribution in [-0.2, 0) is 9.53 Å². The van der Waals surface area contributed by atoms with Crippen LogP contribution in [0.4, 0.5) is 0 Å². The van der Waals surface area contributed by atoms with Gasteiger partial charge in [-0.1, -0.05) is 45.4 Å². The van der Waals surface area contributed by atoms with Gasteiger partial charge in [0, 0.05) is 0 Å². The summed E-state index contributed by atoms with van der Waals surface area (Å²) in [5, 5.41) is 0. The highest BCUT2D eigenvalue weighted by Gasteiger charge is 2.39. The van der Waals surface area contributed by atoms with Gasteiger partial charge in [-0.2, -0.15) is 0 Å². The van der Waals surface area contributed by atoms with Gasteiger partial charge in [0.1, 0.15) is 13.2 Å². The van der Waals surface area contributed by atoms with Gasteiger partial charge in [-0.25, -0.2) is 0 Å². The molecule has 2 aliphatic rings. The maximum atomic E-state index is 13.0. The topological polar surface area (TPSA) is 26.3 Å². The summed E-state index contributed by atoms with van der Waals surface area (Å²) in [6.45, 7) is 12.0. The molecule has 2 saturated carbocycles. The third-order valence-corrected chi connectivity index (χ3v) is 7.73. The Morgan fingerprint density at radius 2 is 1.41 bits per heavy atom. The van der Waals surface area contributed by atoms with Gasteiger partial charge in [-0.05, 0) is 64.2 Å². The smallest absolute Gasteiger partial charge is 0.309 e. The summed E-state index contributed by atoms with van der Waals surface area (Å²) in [5.74, 6) is 1.55. The number of carbonyl (C=O) groups excluding carboxylic acids is 1. The van der Waals surface area contributed by atoms with E-state index in [1.807, 2.05) is 0 Å². The molecule has 0 aromatic heterocycles. The lowest BCUT2D eigenvalue weighted by Gasteiger charge is -2.37. The summed E-state index contributed by atoms with van der Waals surface area (Å²) >= 11 is 0. The van der Waals surface area contributed by atoms with Crippen LogP contribution >= 0.6 is 0 Å². The van der Waals surface area contributed by atoms with E-state index in [1.54, 1.807) is 0 Å². The van der Waals surface area contributed by atoms with Crippen molar-refractivity contribution in [2.24, 2.45) is 17.8 Å². The molecule has 0 spiro atoms. The van der Waals surface area contributed by atoms with Gasteiger partial charge in [-0.15, -0.1) is 0 Å². The first-order chi connectivity index (χ1) is 13.2. The van der Waals surface area contributed by atoms with Crippen LogP contribution in [0.3, 0.4) is 0 Å². The van der Waals surface area contributed by atoms with Gasteiger partial charge in [0.25, 0.3) is 0 Å². The lowest BCUT2D eigenvalue weighted by Crippen LogP contribution is -2.50. The number of quaternary nitrogens is 1. The van der Waals surface area contributed by atoms with E-state index in [1.165, 1.54) is 83.6 Å². The van der Waals surface area contributed by atoms with E-state index < -0.39 is 0 Å². The molecular weight excluding hydrogens is 334 g/mol. The van der Waals surface area contributed by atoms with Crippen molar-refractivity contribution in [2.45, 2.75) is 97.8 Å². The van der Waals surface area contributed by atoms with Gasteiger partial charge in [0.15, 0.2) is 0 Å². The fourth-order valence-corrected chi connectivity index (χ4v) is 5.68. The van der Waals surface area contributed by atoms with Crippen molar-refractivity contribution in [2.75, 3.05) is 32.8 Å². The Bertz CT molecular complexity index is 391. The molecule has 3 nitrogen and oxygen atoms in total. The number of rotatable bonds is 13. The minimum Gasteiger partial charge on any atom is -0.459 e. The Hall–Kier alpha value is -0.570. The molecule has 2 aliphatic carbocycles. The maximum Gasteiger partial charge on any atom is 0.309 e. The molecule has 0 aromatic rings. The predicted molar refractivity (Wildman–Crippen MR) is 114 cm³/mol. The van der Waals surface area contributed by atoms with Gasteiger partial charge in [0.05, 0.1) is 25.6 Å². The largest absolute Gasteiger partial charge is 0.459 e. The zero-order valence-electron chi connectivity index (χ0n) is 18.5. The molecule has 0 saturated heterocycles. The zero-order valence-corrected chi connectivity index (χ0v) is 18.5. The van der Waals surface area contributed by atoms with Crippen molar-refractivity contribution < 1.29 is 14.0 Å². The summed E-state index contributed by atoms with van der Waals surface area (Å²) in [5.41, 5.74) is 0. The monoisotopic (exact) mass is 380 g/mol. The molecular formula is C24H46NO2+. The number of carbonyl (C=O) groups is 1. The summed E-state index contributed by atoms with van der Waals surface area (Å²) in [4.78, 5) is 13.0. The first-order valence-electron chi connectivity index (χ1n) is 12.2. The maximum absolute atomic E-state index is 13.0. The second-order valence-electron chi connectivity index (χ2n) is 9.26. The van der Waals surface area contributed by atoms with Crippen molar-refractivity contribution in [3.63, 3.8) is 0 Å². The quantitative estimate of drug-likeness (QED) is 0.224. The van der Waals surface area contributed by atoms with E-state index in [2.05, 4.69) is 20.8 Å². The fraction of sp³-hybridized carbons (Fsp3) is 0.958. The third-order valence-electron chi connectivity index (χ3n) is 7.73. The van der Waals surface area contributed by atoms with E-state index in [4.69, 9.17) is 4.74 Å². The number of ether oxygens (including phenoxy) is 1. The average Bonchev–Trinajstić information content (AvgIpc) is 3.39. The average molecular weight is 381 g/mol. The number of nitrogens with zero attached hydrogens (tertiary/aromatic N) is 1. The van der Waals surface area contributed by atoms with Crippen LogP contribution in [0.2, 0.25) is 0 Å². The molecule has 0 aliphatic heterocycles. The molecule has 158 valence electrons. The van der Waals surface area contributed by atoms with Gasteiger partial charge >= 0.3 is 5.97 Å². The van der Waals surface area contributed by atoms with Crippen LogP contribution in [0, 0.1) is 17.8 Å². The van der Waals surface area contributed by atoms with E-state index >= 15 is 0 Å². The highest BCUT2D eigenvalue weighted by molar-refractivity contribution is 5.73. The lowest BCUT2D eigenvalue weighted by molar-refractivity contribution is -0.925. The van der Waals surface area contributed by atoms with Gasteiger partial charge < -0.3 is 9.22 Å². The highest BCUT2D eigenvalue weighted by Crippen LogP contribution is 2.42. The molecule has 0 unspecified atom stereocenters. The fourth-order valence-electron chi connectivity index (χ4n) is 5.68. The third kappa shape index (κ3) is 6.76. The number of unbranched alkanes of at least 4 members (excludes halogenated alkanes) is 3. The second kappa shape index (κ2) is 12.1. The Kier molecular flexibility index (Phi) is 10.2. The molecule has 0 atom stereocenters. The van der Waals surface area contributed by atoms with Crippen LogP contribution in [0.25, 0.3) is 0 Å². The van der Waals surface area contributed by atoms with Crippen molar-refractivity contribution in [1.29, 1.82) is 0 Å². The molecule has 2 rings (SSSR count).